The van der Waals surface area contributed by atoms with E-state index in [1.54, 1.807) is 0 Å². The third kappa shape index (κ3) is 51.7. The Morgan fingerprint density at radius 2 is 0.569 bits per heavy atom. The monoisotopic (exact) mass is 907 g/mol. The van der Waals surface area contributed by atoms with Gasteiger partial charge < -0.3 is 14.2 Å². The van der Waals surface area contributed by atoms with Crippen LogP contribution in [0.2, 0.25) is 0 Å². The summed E-state index contributed by atoms with van der Waals surface area (Å²) in [4.78, 5) is 38.0. The molecule has 0 aromatic heterocycles. The number of allylic oxidation sites excluding steroid dienone is 12. The normalized spacial score (nSPS) is 12.6. The van der Waals surface area contributed by atoms with Crippen molar-refractivity contribution in [1.82, 2.24) is 0 Å². The maximum absolute atomic E-state index is 12.8. The smallest absolute Gasteiger partial charge is 0.306 e. The Morgan fingerprint density at radius 1 is 0.308 bits per heavy atom. The fraction of sp³-hybridized carbons (Fsp3) is 0.746. The maximum atomic E-state index is 12.8. The Hall–Kier alpha value is -3.15. The van der Waals surface area contributed by atoms with Crippen molar-refractivity contribution in [3.63, 3.8) is 0 Å². The summed E-state index contributed by atoms with van der Waals surface area (Å²) in [6.45, 7) is 6.54. The Balaban J connectivity index is 4.48. The van der Waals surface area contributed by atoms with Gasteiger partial charge in [0.1, 0.15) is 13.2 Å². The first-order chi connectivity index (χ1) is 32.0. The lowest BCUT2D eigenvalue weighted by Gasteiger charge is -2.18. The van der Waals surface area contributed by atoms with Crippen LogP contribution in [-0.4, -0.2) is 37.2 Å². The third-order valence-corrected chi connectivity index (χ3v) is 11.7. The van der Waals surface area contributed by atoms with Crippen LogP contribution >= 0.6 is 0 Å². The van der Waals surface area contributed by atoms with E-state index in [9.17, 15) is 14.4 Å². The summed E-state index contributed by atoms with van der Waals surface area (Å²) in [5.41, 5.74) is 0. The quantitative estimate of drug-likeness (QED) is 0.0262. The molecular weight excluding hydrogens is 805 g/mol. The average molecular weight is 907 g/mol. The summed E-state index contributed by atoms with van der Waals surface area (Å²) < 4.78 is 16.8. The van der Waals surface area contributed by atoms with Gasteiger partial charge in [0.2, 0.25) is 0 Å². The van der Waals surface area contributed by atoms with E-state index in [0.29, 0.717) is 19.3 Å². The van der Waals surface area contributed by atoms with Gasteiger partial charge in [-0.25, -0.2) is 0 Å². The number of carbonyl (C=O) groups is 3. The predicted molar refractivity (Wildman–Crippen MR) is 279 cm³/mol. The minimum atomic E-state index is -0.805. The van der Waals surface area contributed by atoms with Gasteiger partial charge in [0.05, 0.1) is 0 Å². The number of ether oxygens (including phenoxy) is 3. The number of unbranched alkanes of at least 4 members (excludes halogenated alkanes) is 26. The number of carbonyl (C=O) groups excluding carboxylic acids is 3. The molecule has 0 aliphatic rings. The molecule has 1 atom stereocenters. The summed E-state index contributed by atoms with van der Waals surface area (Å²) in [6, 6.07) is 0. The van der Waals surface area contributed by atoms with Crippen molar-refractivity contribution in [3.05, 3.63) is 72.9 Å². The van der Waals surface area contributed by atoms with Crippen LogP contribution in [0.15, 0.2) is 72.9 Å². The number of rotatable bonds is 49. The molecule has 1 unspecified atom stereocenters. The summed E-state index contributed by atoms with van der Waals surface area (Å²) >= 11 is 0. The fourth-order valence-corrected chi connectivity index (χ4v) is 7.48. The van der Waals surface area contributed by atoms with Gasteiger partial charge in [0, 0.05) is 19.3 Å². The Kier molecular flexibility index (Phi) is 50.9. The highest BCUT2D eigenvalue weighted by Crippen LogP contribution is 2.14. The summed E-state index contributed by atoms with van der Waals surface area (Å²) in [5, 5.41) is 0. The molecule has 0 spiro atoms. The topological polar surface area (TPSA) is 78.9 Å². The first-order valence-corrected chi connectivity index (χ1v) is 27.4. The summed E-state index contributed by atoms with van der Waals surface area (Å²) in [6.07, 6.45) is 67.5. The van der Waals surface area contributed by atoms with Crippen molar-refractivity contribution in [2.24, 2.45) is 0 Å². The molecule has 0 bridgehead atoms. The number of esters is 3. The molecule has 0 amide bonds. The SMILES string of the molecule is CCCCC/C=C\C/C=C\C/C=C\C/C=C\CCCC(=O)OCC(COC(=O)CCCCC/C=C\CCCCCCCC)OC(=O)CCCCCCCCC/C=C\CCCCCCCC. The Labute approximate surface area is 402 Å². The van der Waals surface area contributed by atoms with Gasteiger partial charge in [0.25, 0.3) is 0 Å². The molecule has 0 aromatic carbocycles. The molecule has 374 valence electrons. The van der Waals surface area contributed by atoms with Crippen LogP contribution in [0.3, 0.4) is 0 Å². The molecule has 0 rings (SSSR count). The highest BCUT2D eigenvalue weighted by atomic mass is 16.6. The molecule has 0 heterocycles. The highest BCUT2D eigenvalue weighted by Gasteiger charge is 2.19. The minimum absolute atomic E-state index is 0.102. The molecule has 0 aliphatic carbocycles. The van der Waals surface area contributed by atoms with Crippen LogP contribution in [0.5, 0.6) is 0 Å². The van der Waals surface area contributed by atoms with Gasteiger partial charge in [-0.15, -0.1) is 0 Å². The first-order valence-electron chi connectivity index (χ1n) is 27.4. The first kappa shape index (κ1) is 61.9. The second kappa shape index (κ2) is 53.5. The van der Waals surface area contributed by atoms with E-state index in [4.69, 9.17) is 14.2 Å². The van der Waals surface area contributed by atoms with Crippen LogP contribution < -0.4 is 0 Å². The van der Waals surface area contributed by atoms with E-state index in [2.05, 4.69) is 93.7 Å². The van der Waals surface area contributed by atoms with E-state index in [0.717, 1.165) is 77.0 Å². The van der Waals surface area contributed by atoms with Gasteiger partial charge >= 0.3 is 17.9 Å². The van der Waals surface area contributed by atoms with Gasteiger partial charge in [-0.3, -0.25) is 14.4 Å². The summed E-state index contributed by atoms with van der Waals surface area (Å²) in [5.74, 6) is -0.974. The predicted octanol–water partition coefficient (Wildman–Crippen LogP) is 18.2. The largest absolute Gasteiger partial charge is 0.462 e. The van der Waals surface area contributed by atoms with Gasteiger partial charge in [-0.05, 0) is 109 Å². The molecule has 0 aromatic rings. The molecule has 6 nitrogen and oxygen atoms in total. The molecule has 0 N–H and O–H groups in total. The lowest BCUT2D eigenvalue weighted by atomic mass is 10.1. The molecule has 6 heteroatoms. The zero-order chi connectivity index (χ0) is 47.2. The van der Waals surface area contributed by atoms with Crippen molar-refractivity contribution in [2.45, 2.75) is 271 Å². The van der Waals surface area contributed by atoms with Crippen molar-refractivity contribution in [1.29, 1.82) is 0 Å². The third-order valence-electron chi connectivity index (χ3n) is 11.7. The highest BCUT2D eigenvalue weighted by molar-refractivity contribution is 5.71. The van der Waals surface area contributed by atoms with Crippen molar-refractivity contribution < 1.29 is 28.6 Å². The van der Waals surface area contributed by atoms with E-state index >= 15 is 0 Å². The van der Waals surface area contributed by atoms with E-state index in [-0.39, 0.29) is 37.5 Å². The Morgan fingerprint density at radius 3 is 0.985 bits per heavy atom. The molecule has 65 heavy (non-hydrogen) atoms. The van der Waals surface area contributed by atoms with Crippen LogP contribution in [0, 0.1) is 0 Å². The van der Waals surface area contributed by atoms with E-state index < -0.39 is 6.10 Å². The molecule has 0 radical (unpaired) electrons. The van der Waals surface area contributed by atoms with E-state index in [1.807, 2.05) is 0 Å². The molecule has 0 aliphatic heterocycles. The molecule has 0 saturated heterocycles. The van der Waals surface area contributed by atoms with Gasteiger partial charge in [0.15, 0.2) is 6.10 Å². The van der Waals surface area contributed by atoms with Crippen LogP contribution in [0.4, 0.5) is 0 Å². The minimum Gasteiger partial charge on any atom is -0.462 e. The second-order valence-corrected chi connectivity index (χ2v) is 18.1. The average Bonchev–Trinajstić information content (AvgIpc) is 3.30. The molecule has 0 saturated carbocycles. The van der Waals surface area contributed by atoms with Crippen LogP contribution in [-0.2, 0) is 28.6 Å². The van der Waals surface area contributed by atoms with E-state index in [1.165, 1.54) is 141 Å². The van der Waals surface area contributed by atoms with Gasteiger partial charge in [-0.2, -0.15) is 0 Å². The van der Waals surface area contributed by atoms with Crippen LogP contribution in [0.1, 0.15) is 265 Å². The Bertz CT molecular complexity index is 1230. The van der Waals surface area contributed by atoms with Crippen molar-refractivity contribution >= 4 is 17.9 Å². The maximum Gasteiger partial charge on any atom is 0.306 e. The lowest BCUT2D eigenvalue weighted by molar-refractivity contribution is -0.167. The number of hydrogen-bond acceptors (Lipinski definition) is 6. The van der Waals surface area contributed by atoms with Crippen LogP contribution in [0.25, 0.3) is 0 Å². The fourth-order valence-electron chi connectivity index (χ4n) is 7.48. The zero-order valence-electron chi connectivity index (χ0n) is 42.7. The van der Waals surface area contributed by atoms with Gasteiger partial charge in [-0.1, -0.05) is 209 Å². The number of hydrogen-bond donors (Lipinski definition) is 0. The molecule has 0 fully saturated rings. The second-order valence-electron chi connectivity index (χ2n) is 18.1. The summed E-state index contributed by atoms with van der Waals surface area (Å²) in [7, 11) is 0. The molecular formula is C59H102O6. The van der Waals surface area contributed by atoms with Crippen molar-refractivity contribution in [2.75, 3.05) is 13.2 Å². The van der Waals surface area contributed by atoms with Crippen molar-refractivity contribution in [3.8, 4) is 0 Å². The zero-order valence-corrected chi connectivity index (χ0v) is 42.7. The lowest BCUT2D eigenvalue weighted by Crippen LogP contribution is -2.30. The standard InChI is InChI=1S/C59H102O6/c1-4-7-10-13-16-19-22-25-27-29-31-34-37-40-43-46-49-52-58(61)64-55-56(54-63-57(60)51-48-45-42-39-36-33-24-21-18-15-12-9-6-3)65-59(62)53-50-47-44-41-38-35-32-30-28-26-23-20-17-14-11-8-5-2/h16,19,25-28,31,33-34,36,40,43,56H,4-15,17-18,20-24,29-30,32,35,37-39,41-42,44-55H2,1-3H3/b19-16-,27-25-,28-26-,34-31-,36-33-,43-40-.